The van der Waals surface area contributed by atoms with Gasteiger partial charge >= 0.3 is 5.97 Å². The van der Waals surface area contributed by atoms with Crippen molar-refractivity contribution in [2.75, 3.05) is 13.2 Å². The number of rotatable bonds is 4. The van der Waals surface area contributed by atoms with Crippen molar-refractivity contribution in [2.24, 2.45) is 0 Å². The summed E-state index contributed by atoms with van der Waals surface area (Å²) in [4.78, 5) is 36.3. The van der Waals surface area contributed by atoms with E-state index in [1.165, 1.54) is 0 Å². The molecule has 1 aromatic carbocycles. The summed E-state index contributed by atoms with van der Waals surface area (Å²) in [6.07, 6.45) is 1.51. The van der Waals surface area contributed by atoms with Crippen molar-refractivity contribution >= 4 is 47.1 Å². The summed E-state index contributed by atoms with van der Waals surface area (Å²) >= 11 is 11.7. The molecule has 5 nitrogen and oxygen atoms in total. The minimum absolute atomic E-state index is 0.0571. The first-order chi connectivity index (χ1) is 10.4. The number of likely N-dealkylation sites (tertiary alicyclic amines) is 1. The molecule has 2 amide bonds. The third kappa shape index (κ3) is 3.67. The summed E-state index contributed by atoms with van der Waals surface area (Å²) in [5, 5.41) is 0.762. The van der Waals surface area contributed by atoms with Crippen molar-refractivity contribution in [3.05, 3.63) is 39.4 Å². The van der Waals surface area contributed by atoms with Crippen LogP contribution in [-0.4, -0.2) is 35.8 Å². The van der Waals surface area contributed by atoms with E-state index < -0.39 is 17.8 Å². The first-order valence-corrected chi connectivity index (χ1v) is 7.34. The number of carbonyl (C=O) groups excluding carboxylic acids is 3. The van der Waals surface area contributed by atoms with Crippen LogP contribution in [0, 0.1) is 0 Å². The second-order valence-electron chi connectivity index (χ2n) is 4.61. The van der Waals surface area contributed by atoms with Crippen molar-refractivity contribution in [2.45, 2.75) is 13.3 Å². The molecule has 0 bridgehead atoms. The van der Waals surface area contributed by atoms with Crippen LogP contribution in [0.2, 0.25) is 10.0 Å². The monoisotopic (exact) mass is 341 g/mol. The Bertz CT molecular complexity index is 670. The number of nitrogens with zero attached hydrogens (tertiary/aromatic N) is 1. The number of hydrogen-bond acceptors (Lipinski definition) is 4. The predicted octanol–water partition coefficient (Wildman–Crippen LogP) is 2.70. The van der Waals surface area contributed by atoms with Gasteiger partial charge in [0.15, 0.2) is 0 Å². The van der Waals surface area contributed by atoms with Crippen LogP contribution in [-0.2, 0) is 19.1 Å². The van der Waals surface area contributed by atoms with E-state index in [0.29, 0.717) is 21.2 Å². The number of ether oxygens (including phenoxy) is 1. The summed E-state index contributed by atoms with van der Waals surface area (Å²) in [5.74, 6) is -1.53. The maximum Gasteiger partial charge on any atom is 0.326 e. The fraction of sp³-hybridized carbons (Fsp3) is 0.267. The standard InChI is InChI=1S/C15H13Cl2NO4/c1-2-22-14(20)8-18-13(19)7-10(15(18)21)5-9-3-4-11(16)12(17)6-9/h3-6H,2,7-8H2,1H3/b10-5+. The molecule has 0 radical (unpaired) electrons. The van der Waals surface area contributed by atoms with Gasteiger partial charge in [0.25, 0.3) is 5.91 Å². The zero-order chi connectivity index (χ0) is 16.3. The van der Waals surface area contributed by atoms with Gasteiger partial charge in [0.1, 0.15) is 6.54 Å². The quantitative estimate of drug-likeness (QED) is 0.479. The number of benzene rings is 1. The van der Waals surface area contributed by atoms with Gasteiger partial charge in [-0.05, 0) is 30.7 Å². The van der Waals surface area contributed by atoms with Crippen molar-refractivity contribution in [3.8, 4) is 0 Å². The number of halogens is 2. The van der Waals surface area contributed by atoms with Crippen LogP contribution < -0.4 is 0 Å². The minimum atomic E-state index is -0.611. The summed E-state index contributed by atoms with van der Waals surface area (Å²) in [7, 11) is 0. The Kier molecular flexibility index (Phi) is 5.21. The molecule has 22 heavy (non-hydrogen) atoms. The molecule has 116 valence electrons. The third-order valence-electron chi connectivity index (χ3n) is 3.04. The maximum atomic E-state index is 12.2. The van der Waals surface area contributed by atoms with Crippen LogP contribution in [0.5, 0.6) is 0 Å². The van der Waals surface area contributed by atoms with Gasteiger partial charge < -0.3 is 4.74 Å². The first kappa shape index (κ1) is 16.5. The van der Waals surface area contributed by atoms with Crippen LogP contribution in [0.15, 0.2) is 23.8 Å². The van der Waals surface area contributed by atoms with E-state index in [1.54, 1.807) is 31.2 Å². The van der Waals surface area contributed by atoms with Gasteiger partial charge in [-0.3, -0.25) is 19.3 Å². The molecule has 0 N–H and O–H groups in total. The van der Waals surface area contributed by atoms with Crippen molar-refractivity contribution < 1.29 is 19.1 Å². The maximum absolute atomic E-state index is 12.2. The van der Waals surface area contributed by atoms with Gasteiger partial charge in [-0.1, -0.05) is 29.3 Å². The average Bonchev–Trinajstić information content (AvgIpc) is 2.71. The molecular formula is C15H13Cl2NO4. The van der Waals surface area contributed by atoms with E-state index >= 15 is 0 Å². The van der Waals surface area contributed by atoms with Gasteiger partial charge in [0.2, 0.25) is 5.91 Å². The van der Waals surface area contributed by atoms with Crippen LogP contribution in [0.3, 0.4) is 0 Å². The largest absolute Gasteiger partial charge is 0.465 e. The molecule has 1 aliphatic heterocycles. The molecular weight excluding hydrogens is 329 g/mol. The fourth-order valence-electron chi connectivity index (χ4n) is 2.03. The van der Waals surface area contributed by atoms with Crippen LogP contribution >= 0.6 is 23.2 Å². The number of carbonyl (C=O) groups is 3. The molecule has 1 saturated heterocycles. The molecule has 0 atom stereocenters. The Morgan fingerprint density at radius 3 is 2.68 bits per heavy atom. The first-order valence-electron chi connectivity index (χ1n) is 6.58. The minimum Gasteiger partial charge on any atom is -0.465 e. The van der Waals surface area contributed by atoms with Gasteiger partial charge in [-0.2, -0.15) is 0 Å². The smallest absolute Gasteiger partial charge is 0.326 e. The fourth-order valence-corrected chi connectivity index (χ4v) is 2.34. The zero-order valence-corrected chi connectivity index (χ0v) is 13.3. The number of hydrogen-bond donors (Lipinski definition) is 0. The Hall–Kier alpha value is -1.85. The predicted molar refractivity (Wildman–Crippen MR) is 82.4 cm³/mol. The van der Waals surface area contributed by atoms with Crippen molar-refractivity contribution in [1.29, 1.82) is 0 Å². The van der Waals surface area contributed by atoms with Gasteiger partial charge in [-0.25, -0.2) is 0 Å². The lowest BCUT2D eigenvalue weighted by Gasteiger charge is -2.11. The van der Waals surface area contributed by atoms with Crippen LogP contribution in [0.4, 0.5) is 0 Å². The molecule has 0 saturated carbocycles. The normalized spacial score (nSPS) is 16.5. The van der Waals surface area contributed by atoms with E-state index in [9.17, 15) is 14.4 Å². The van der Waals surface area contributed by atoms with E-state index in [0.717, 1.165) is 4.90 Å². The van der Waals surface area contributed by atoms with Crippen molar-refractivity contribution in [1.82, 2.24) is 4.90 Å². The second kappa shape index (κ2) is 6.94. The summed E-state index contributed by atoms with van der Waals surface area (Å²) < 4.78 is 4.75. The molecule has 1 aliphatic rings. The molecule has 2 rings (SSSR count). The highest BCUT2D eigenvalue weighted by Gasteiger charge is 2.35. The zero-order valence-electron chi connectivity index (χ0n) is 11.8. The highest BCUT2D eigenvalue weighted by molar-refractivity contribution is 6.42. The molecule has 1 heterocycles. The second-order valence-corrected chi connectivity index (χ2v) is 5.42. The lowest BCUT2D eigenvalue weighted by Crippen LogP contribution is -2.35. The molecule has 0 spiro atoms. The number of imide groups is 1. The molecule has 0 unspecified atom stereocenters. The van der Waals surface area contributed by atoms with E-state index in [-0.39, 0.29) is 19.6 Å². The topological polar surface area (TPSA) is 63.7 Å². The van der Waals surface area contributed by atoms with Gasteiger partial charge in [0, 0.05) is 5.57 Å². The highest BCUT2D eigenvalue weighted by atomic mass is 35.5. The SMILES string of the molecule is CCOC(=O)CN1C(=O)C/C(=C\c2ccc(Cl)c(Cl)c2)C1=O. The lowest BCUT2D eigenvalue weighted by molar-refractivity contribution is -0.151. The molecule has 0 aromatic heterocycles. The third-order valence-corrected chi connectivity index (χ3v) is 3.78. The van der Waals surface area contributed by atoms with Crippen molar-refractivity contribution in [3.63, 3.8) is 0 Å². The summed E-state index contributed by atoms with van der Waals surface area (Å²) in [6.45, 7) is 1.48. The van der Waals surface area contributed by atoms with E-state index in [1.807, 2.05) is 0 Å². The van der Waals surface area contributed by atoms with Gasteiger partial charge in [0.05, 0.1) is 23.1 Å². The number of esters is 1. The Morgan fingerprint density at radius 1 is 1.32 bits per heavy atom. The van der Waals surface area contributed by atoms with Crippen LogP contribution in [0.1, 0.15) is 18.9 Å². The molecule has 1 fully saturated rings. The molecule has 0 aliphatic carbocycles. The molecule has 1 aromatic rings. The Labute approximate surface area is 137 Å². The highest BCUT2D eigenvalue weighted by Crippen LogP contribution is 2.26. The lowest BCUT2D eigenvalue weighted by atomic mass is 10.1. The Morgan fingerprint density at radius 2 is 2.05 bits per heavy atom. The van der Waals surface area contributed by atoms with E-state index in [4.69, 9.17) is 27.9 Å². The summed E-state index contributed by atoms with van der Waals surface area (Å²) in [6, 6.07) is 4.89. The number of amides is 2. The van der Waals surface area contributed by atoms with Crippen LogP contribution in [0.25, 0.3) is 6.08 Å². The summed E-state index contributed by atoms with van der Waals surface area (Å²) in [5.41, 5.74) is 0.955. The Balaban J connectivity index is 2.18. The van der Waals surface area contributed by atoms with Gasteiger partial charge in [-0.15, -0.1) is 0 Å². The molecule has 7 heteroatoms. The van der Waals surface area contributed by atoms with E-state index in [2.05, 4.69) is 0 Å². The average molecular weight is 342 g/mol.